The van der Waals surface area contributed by atoms with E-state index in [2.05, 4.69) is 46.7 Å². The van der Waals surface area contributed by atoms with E-state index in [9.17, 15) is 0 Å². The van der Waals surface area contributed by atoms with Crippen molar-refractivity contribution in [2.45, 2.75) is 33.7 Å². The standard InChI is InChI=1S/C8H19N/c1-7(9(5)6)8(2,3)4/h7H,1-6H3/t7-/m0/s1. The van der Waals surface area contributed by atoms with Crippen LogP contribution in [0.2, 0.25) is 0 Å². The van der Waals surface area contributed by atoms with Crippen LogP contribution in [0.15, 0.2) is 0 Å². The van der Waals surface area contributed by atoms with Gasteiger partial charge < -0.3 is 4.90 Å². The number of hydrogen-bond acceptors (Lipinski definition) is 1. The molecule has 0 rings (SSSR count). The summed E-state index contributed by atoms with van der Waals surface area (Å²) in [6, 6.07) is 0.650. The molecular formula is C8H19N. The van der Waals surface area contributed by atoms with E-state index in [4.69, 9.17) is 0 Å². The first kappa shape index (κ1) is 8.96. The number of rotatable bonds is 1. The molecule has 0 bridgehead atoms. The van der Waals surface area contributed by atoms with Crippen molar-refractivity contribution in [3.05, 3.63) is 0 Å². The molecule has 0 saturated heterocycles. The molecule has 0 fully saturated rings. The summed E-state index contributed by atoms with van der Waals surface area (Å²) in [5.74, 6) is 0. The molecule has 1 nitrogen and oxygen atoms in total. The molecular weight excluding hydrogens is 110 g/mol. The Morgan fingerprint density at radius 2 is 1.44 bits per heavy atom. The van der Waals surface area contributed by atoms with Crippen LogP contribution < -0.4 is 0 Å². The summed E-state index contributed by atoms with van der Waals surface area (Å²) < 4.78 is 0. The van der Waals surface area contributed by atoms with Gasteiger partial charge in [-0.05, 0) is 26.4 Å². The molecule has 0 aromatic heterocycles. The van der Waals surface area contributed by atoms with Gasteiger partial charge in [0.1, 0.15) is 0 Å². The first-order chi connectivity index (χ1) is 3.85. The van der Waals surface area contributed by atoms with Gasteiger partial charge in [0.05, 0.1) is 0 Å². The highest BCUT2D eigenvalue weighted by molar-refractivity contribution is 4.74. The van der Waals surface area contributed by atoms with Gasteiger partial charge in [-0.25, -0.2) is 0 Å². The summed E-state index contributed by atoms with van der Waals surface area (Å²) in [6.07, 6.45) is 0. The van der Waals surface area contributed by atoms with Gasteiger partial charge in [0.2, 0.25) is 0 Å². The maximum atomic E-state index is 2.26. The molecule has 0 saturated carbocycles. The first-order valence-corrected chi connectivity index (χ1v) is 3.52. The van der Waals surface area contributed by atoms with Gasteiger partial charge in [-0.15, -0.1) is 0 Å². The minimum atomic E-state index is 0.406. The lowest BCUT2D eigenvalue weighted by Gasteiger charge is -2.32. The minimum Gasteiger partial charge on any atom is -0.306 e. The van der Waals surface area contributed by atoms with Gasteiger partial charge in [-0.2, -0.15) is 0 Å². The Bertz CT molecular complexity index is 79.1. The van der Waals surface area contributed by atoms with E-state index >= 15 is 0 Å². The van der Waals surface area contributed by atoms with Crippen LogP contribution in [0.5, 0.6) is 0 Å². The van der Waals surface area contributed by atoms with Crippen molar-refractivity contribution in [1.29, 1.82) is 0 Å². The zero-order valence-electron chi connectivity index (χ0n) is 7.52. The molecule has 0 radical (unpaired) electrons. The van der Waals surface area contributed by atoms with Crippen LogP contribution in [0, 0.1) is 5.41 Å². The van der Waals surface area contributed by atoms with Crippen molar-refractivity contribution < 1.29 is 0 Å². The highest BCUT2D eigenvalue weighted by Crippen LogP contribution is 2.21. The fraction of sp³-hybridized carbons (Fsp3) is 1.00. The Balaban J connectivity index is 3.88. The van der Waals surface area contributed by atoms with Gasteiger partial charge in [-0.1, -0.05) is 20.8 Å². The monoisotopic (exact) mass is 129 g/mol. The van der Waals surface area contributed by atoms with Crippen molar-refractivity contribution >= 4 is 0 Å². The zero-order chi connectivity index (χ0) is 7.65. The molecule has 0 amide bonds. The van der Waals surface area contributed by atoms with Crippen LogP contribution in [-0.4, -0.2) is 25.0 Å². The Kier molecular flexibility index (Phi) is 2.68. The molecule has 1 heteroatoms. The maximum absolute atomic E-state index is 2.26. The molecule has 0 N–H and O–H groups in total. The largest absolute Gasteiger partial charge is 0.306 e. The number of hydrogen-bond donors (Lipinski definition) is 0. The van der Waals surface area contributed by atoms with Crippen molar-refractivity contribution in [2.24, 2.45) is 5.41 Å². The molecule has 0 aromatic carbocycles. The SMILES string of the molecule is C[C@H](N(C)C)C(C)(C)C. The number of nitrogens with zero attached hydrogens (tertiary/aromatic N) is 1. The minimum absolute atomic E-state index is 0.406. The van der Waals surface area contributed by atoms with Crippen LogP contribution in [0.4, 0.5) is 0 Å². The lowest BCUT2D eigenvalue weighted by atomic mass is 9.87. The summed E-state index contributed by atoms with van der Waals surface area (Å²) in [4.78, 5) is 2.25. The van der Waals surface area contributed by atoms with Crippen LogP contribution in [0.25, 0.3) is 0 Å². The summed E-state index contributed by atoms with van der Waals surface area (Å²) >= 11 is 0. The van der Waals surface area contributed by atoms with Gasteiger partial charge in [0.15, 0.2) is 0 Å². The van der Waals surface area contributed by atoms with E-state index < -0.39 is 0 Å². The van der Waals surface area contributed by atoms with Crippen LogP contribution in [-0.2, 0) is 0 Å². The van der Waals surface area contributed by atoms with Crippen LogP contribution >= 0.6 is 0 Å². The molecule has 0 aliphatic rings. The topological polar surface area (TPSA) is 3.24 Å². The second kappa shape index (κ2) is 2.70. The average Bonchev–Trinajstić information content (AvgIpc) is 1.62. The third-order valence-corrected chi connectivity index (χ3v) is 2.03. The lowest BCUT2D eigenvalue weighted by molar-refractivity contribution is 0.169. The lowest BCUT2D eigenvalue weighted by Crippen LogP contribution is -2.36. The van der Waals surface area contributed by atoms with Gasteiger partial charge >= 0.3 is 0 Å². The van der Waals surface area contributed by atoms with E-state index in [1.54, 1.807) is 0 Å². The van der Waals surface area contributed by atoms with Gasteiger partial charge in [-0.3, -0.25) is 0 Å². The molecule has 0 heterocycles. The van der Waals surface area contributed by atoms with E-state index in [1.165, 1.54) is 0 Å². The second-order valence-corrected chi connectivity index (χ2v) is 4.01. The van der Waals surface area contributed by atoms with E-state index in [0.29, 0.717) is 11.5 Å². The zero-order valence-corrected chi connectivity index (χ0v) is 7.52. The third-order valence-electron chi connectivity index (χ3n) is 2.03. The molecule has 1 atom stereocenters. The summed E-state index contributed by atoms with van der Waals surface area (Å²) in [5.41, 5.74) is 0.406. The fourth-order valence-electron chi connectivity index (χ4n) is 0.775. The Morgan fingerprint density at radius 1 is 1.11 bits per heavy atom. The van der Waals surface area contributed by atoms with E-state index in [0.717, 1.165) is 0 Å². The van der Waals surface area contributed by atoms with Crippen molar-refractivity contribution in [2.75, 3.05) is 14.1 Å². The van der Waals surface area contributed by atoms with E-state index in [-0.39, 0.29) is 0 Å². The predicted octanol–water partition coefficient (Wildman–Crippen LogP) is 1.98. The maximum Gasteiger partial charge on any atom is 0.0109 e. The Labute approximate surface area is 59.1 Å². The smallest absolute Gasteiger partial charge is 0.0109 e. The average molecular weight is 129 g/mol. The molecule has 9 heavy (non-hydrogen) atoms. The van der Waals surface area contributed by atoms with Crippen molar-refractivity contribution in [1.82, 2.24) is 4.90 Å². The highest BCUT2D eigenvalue weighted by atomic mass is 15.1. The second-order valence-electron chi connectivity index (χ2n) is 4.01. The van der Waals surface area contributed by atoms with Crippen molar-refractivity contribution in [3.8, 4) is 0 Å². The normalized spacial score (nSPS) is 16.3. The summed E-state index contributed by atoms with van der Waals surface area (Å²) in [6.45, 7) is 9.03. The van der Waals surface area contributed by atoms with Gasteiger partial charge in [0, 0.05) is 6.04 Å². The third kappa shape index (κ3) is 2.85. The van der Waals surface area contributed by atoms with Crippen LogP contribution in [0.3, 0.4) is 0 Å². The Hall–Kier alpha value is -0.0400. The Morgan fingerprint density at radius 3 is 1.44 bits per heavy atom. The predicted molar refractivity (Wildman–Crippen MR) is 42.6 cm³/mol. The molecule has 0 spiro atoms. The molecule has 0 aromatic rings. The molecule has 0 aliphatic heterocycles. The molecule has 0 aliphatic carbocycles. The summed E-state index contributed by atoms with van der Waals surface area (Å²) in [7, 11) is 4.24. The van der Waals surface area contributed by atoms with Crippen LogP contribution in [0.1, 0.15) is 27.7 Å². The quantitative estimate of drug-likeness (QED) is 0.523. The fourth-order valence-corrected chi connectivity index (χ4v) is 0.775. The van der Waals surface area contributed by atoms with E-state index in [1.807, 2.05) is 0 Å². The summed E-state index contributed by atoms with van der Waals surface area (Å²) in [5, 5.41) is 0. The van der Waals surface area contributed by atoms with Gasteiger partial charge in [0.25, 0.3) is 0 Å². The molecule has 56 valence electrons. The molecule has 0 unspecified atom stereocenters. The highest BCUT2D eigenvalue weighted by Gasteiger charge is 2.20. The first-order valence-electron chi connectivity index (χ1n) is 3.52. The van der Waals surface area contributed by atoms with Crippen molar-refractivity contribution in [3.63, 3.8) is 0 Å².